The molecule has 0 aromatic carbocycles. The molecule has 21 heavy (non-hydrogen) atoms. The molecule has 0 aromatic rings. The van der Waals surface area contributed by atoms with Crippen LogP contribution in [0.4, 0.5) is 0 Å². The number of halogens is 1. The van der Waals surface area contributed by atoms with E-state index in [0.717, 1.165) is 19.5 Å². The highest BCUT2D eigenvalue weighted by Crippen LogP contribution is 2.36. The number of hydrogen-bond acceptors (Lipinski definition) is 4. The largest absolute Gasteiger partial charge is 0.316 e. The van der Waals surface area contributed by atoms with Crippen LogP contribution in [0, 0.1) is 11.3 Å². The van der Waals surface area contributed by atoms with Crippen molar-refractivity contribution >= 4 is 22.4 Å². The molecule has 3 aliphatic heterocycles. The van der Waals surface area contributed by atoms with Gasteiger partial charge >= 0.3 is 0 Å². The van der Waals surface area contributed by atoms with Crippen molar-refractivity contribution in [2.75, 3.05) is 52.1 Å². The summed E-state index contributed by atoms with van der Waals surface area (Å²) in [5, 5.41) is 3.49. The van der Waals surface area contributed by atoms with Gasteiger partial charge in [0.15, 0.2) is 0 Å². The van der Waals surface area contributed by atoms with E-state index >= 15 is 0 Å². The van der Waals surface area contributed by atoms with Crippen LogP contribution in [0.1, 0.15) is 25.7 Å². The van der Waals surface area contributed by atoms with E-state index < -0.39 is 10.0 Å². The lowest BCUT2D eigenvalue weighted by Gasteiger charge is -2.33. The van der Waals surface area contributed by atoms with E-state index in [-0.39, 0.29) is 12.4 Å². The molecule has 3 heterocycles. The molecule has 3 saturated heterocycles. The SMILES string of the molecule is CS(=O)(=O)N1CCCC(CN2CCC3(CCNC3)C2)C1.Cl. The molecule has 0 aliphatic carbocycles. The lowest BCUT2D eigenvalue weighted by Crippen LogP contribution is -2.43. The first-order valence-corrected chi connectivity index (χ1v) is 9.70. The summed E-state index contributed by atoms with van der Waals surface area (Å²) in [5.41, 5.74) is 0.519. The summed E-state index contributed by atoms with van der Waals surface area (Å²) >= 11 is 0. The molecule has 7 heteroatoms. The van der Waals surface area contributed by atoms with Crippen molar-refractivity contribution < 1.29 is 8.42 Å². The molecule has 3 rings (SSSR count). The molecule has 0 saturated carbocycles. The van der Waals surface area contributed by atoms with Gasteiger partial charge in [0.2, 0.25) is 10.0 Å². The molecule has 0 amide bonds. The molecular weight excluding hydrogens is 310 g/mol. The average Bonchev–Trinajstić information content (AvgIpc) is 3.00. The fraction of sp³-hybridized carbons (Fsp3) is 1.00. The van der Waals surface area contributed by atoms with E-state index in [1.165, 1.54) is 51.7 Å². The lowest BCUT2D eigenvalue weighted by molar-refractivity contribution is 0.187. The predicted molar refractivity (Wildman–Crippen MR) is 87.4 cm³/mol. The molecule has 1 N–H and O–H groups in total. The van der Waals surface area contributed by atoms with Crippen molar-refractivity contribution in [3.05, 3.63) is 0 Å². The van der Waals surface area contributed by atoms with E-state index in [4.69, 9.17) is 0 Å². The topological polar surface area (TPSA) is 52.7 Å². The second-order valence-electron chi connectivity index (χ2n) is 7.04. The Bertz CT molecular complexity index is 451. The Kier molecular flexibility index (Phi) is 5.58. The highest BCUT2D eigenvalue weighted by molar-refractivity contribution is 7.88. The number of nitrogens with one attached hydrogen (secondary N) is 1. The molecule has 0 radical (unpaired) electrons. The van der Waals surface area contributed by atoms with E-state index in [9.17, 15) is 8.42 Å². The van der Waals surface area contributed by atoms with Crippen LogP contribution in [-0.2, 0) is 10.0 Å². The maximum atomic E-state index is 11.7. The molecule has 3 fully saturated rings. The quantitative estimate of drug-likeness (QED) is 0.826. The monoisotopic (exact) mass is 337 g/mol. The Hall–Kier alpha value is 0.120. The van der Waals surface area contributed by atoms with Gasteiger partial charge in [-0.3, -0.25) is 0 Å². The van der Waals surface area contributed by atoms with E-state index in [2.05, 4.69) is 10.2 Å². The highest BCUT2D eigenvalue weighted by Gasteiger charge is 2.41. The van der Waals surface area contributed by atoms with Gasteiger partial charge in [-0.1, -0.05) is 0 Å². The molecule has 5 nitrogen and oxygen atoms in total. The van der Waals surface area contributed by atoms with Crippen LogP contribution in [0.3, 0.4) is 0 Å². The minimum Gasteiger partial charge on any atom is -0.316 e. The number of sulfonamides is 1. The fourth-order valence-electron chi connectivity index (χ4n) is 4.17. The lowest BCUT2D eigenvalue weighted by atomic mass is 9.86. The number of nitrogens with zero attached hydrogens (tertiary/aromatic N) is 2. The Balaban J connectivity index is 0.00000161. The Morgan fingerprint density at radius 3 is 2.76 bits per heavy atom. The Morgan fingerprint density at radius 1 is 1.29 bits per heavy atom. The van der Waals surface area contributed by atoms with E-state index in [1.807, 2.05) is 0 Å². The van der Waals surface area contributed by atoms with Crippen molar-refractivity contribution in [1.82, 2.24) is 14.5 Å². The maximum absolute atomic E-state index is 11.7. The first kappa shape index (κ1) is 17.5. The molecule has 2 atom stereocenters. The van der Waals surface area contributed by atoms with Crippen LogP contribution >= 0.6 is 12.4 Å². The molecule has 2 unspecified atom stereocenters. The van der Waals surface area contributed by atoms with Gasteiger partial charge in [-0.2, -0.15) is 0 Å². The number of hydrogen-bond donors (Lipinski definition) is 1. The number of rotatable bonds is 3. The Morgan fingerprint density at radius 2 is 2.10 bits per heavy atom. The maximum Gasteiger partial charge on any atom is 0.211 e. The fourth-order valence-corrected chi connectivity index (χ4v) is 5.11. The minimum atomic E-state index is -3.01. The standard InChI is InChI=1S/C14H27N3O2S.ClH/c1-20(18,19)17-7-2-3-13(10-17)9-16-8-5-14(12-16)4-6-15-11-14;/h13,15H,2-12H2,1H3;1H. The molecule has 0 aromatic heterocycles. The van der Waals surface area contributed by atoms with Gasteiger partial charge < -0.3 is 10.2 Å². The third-order valence-electron chi connectivity index (χ3n) is 5.32. The van der Waals surface area contributed by atoms with Crippen LogP contribution < -0.4 is 5.32 Å². The van der Waals surface area contributed by atoms with Crippen LogP contribution in [0.5, 0.6) is 0 Å². The van der Waals surface area contributed by atoms with Gasteiger partial charge in [0.05, 0.1) is 6.26 Å². The normalized spacial score (nSPS) is 35.2. The van der Waals surface area contributed by atoms with Crippen molar-refractivity contribution in [2.24, 2.45) is 11.3 Å². The minimum absolute atomic E-state index is 0. The Labute approximate surface area is 134 Å². The highest BCUT2D eigenvalue weighted by atomic mass is 35.5. The van der Waals surface area contributed by atoms with Gasteiger partial charge in [0.25, 0.3) is 0 Å². The first-order valence-electron chi connectivity index (χ1n) is 7.85. The summed E-state index contributed by atoms with van der Waals surface area (Å²) in [7, 11) is -3.01. The van der Waals surface area contributed by atoms with Crippen LogP contribution in [0.25, 0.3) is 0 Å². The van der Waals surface area contributed by atoms with Gasteiger partial charge in [0.1, 0.15) is 0 Å². The van der Waals surface area contributed by atoms with Gasteiger partial charge in [-0.15, -0.1) is 12.4 Å². The third kappa shape index (κ3) is 4.10. The summed E-state index contributed by atoms with van der Waals surface area (Å²) in [6.45, 7) is 7.24. The second-order valence-corrected chi connectivity index (χ2v) is 9.02. The third-order valence-corrected chi connectivity index (χ3v) is 6.59. The smallest absolute Gasteiger partial charge is 0.211 e. The number of likely N-dealkylation sites (tertiary alicyclic amines) is 1. The van der Waals surface area contributed by atoms with E-state index in [0.29, 0.717) is 17.9 Å². The summed E-state index contributed by atoms with van der Waals surface area (Å²) < 4.78 is 25.0. The first-order chi connectivity index (χ1) is 9.47. The summed E-state index contributed by atoms with van der Waals surface area (Å²) in [6.07, 6.45) is 6.14. The van der Waals surface area contributed by atoms with Gasteiger partial charge in [0, 0.05) is 32.7 Å². The van der Waals surface area contributed by atoms with Crippen molar-refractivity contribution in [1.29, 1.82) is 0 Å². The summed E-state index contributed by atoms with van der Waals surface area (Å²) in [5.74, 6) is 0.517. The zero-order chi connectivity index (χ0) is 14.2. The van der Waals surface area contributed by atoms with Crippen LogP contribution in [0.2, 0.25) is 0 Å². The van der Waals surface area contributed by atoms with Crippen LogP contribution in [-0.4, -0.2) is 69.7 Å². The number of piperidine rings is 1. The van der Waals surface area contributed by atoms with Crippen LogP contribution in [0.15, 0.2) is 0 Å². The van der Waals surface area contributed by atoms with Gasteiger partial charge in [-0.25, -0.2) is 12.7 Å². The summed E-state index contributed by atoms with van der Waals surface area (Å²) in [6, 6.07) is 0. The van der Waals surface area contributed by atoms with E-state index in [1.54, 1.807) is 4.31 Å². The molecular formula is C14H28ClN3O2S. The van der Waals surface area contributed by atoms with Crippen molar-refractivity contribution in [2.45, 2.75) is 25.7 Å². The second kappa shape index (κ2) is 6.71. The molecule has 0 bridgehead atoms. The zero-order valence-electron chi connectivity index (χ0n) is 12.9. The van der Waals surface area contributed by atoms with Crippen molar-refractivity contribution in [3.63, 3.8) is 0 Å². The molecule has 1 spiro atoms. The average molecular weight is 338 g/mol. The molecule has 124 valence electrons. The van der Waals surface area contributed by atoms with Crippen molar-refractivity contribution in [3.8, 4) is 0 Å². The summed E-state index contributed by atoms with van der Waals surface area (Å²) in [4.78, 5) is 2.57. The zero-order valence-corrected chi connectivity index (χ0v) is 14.5. The van der Waals surface area contributed by atoms with Gasteiger partial charge in [-0.05, 0) is 50.1 Å². The predicted octanol–water partition coefficient (Wildman–Crippen LogP) is 0.765. The molecule has 3 aliphatic rings.